The first-order chi connectivity index (χ1) is 14.5. The molecule has 0 saturated heterocycles. The smallest absolute Gasteiger partial charge is 0.313 e. The minimum Gasteiger partial charge on any atom is -0.481 e. The van der Waals surface area contributed by atoms with Gasteiger partial charge in [0, 0.05) is 5.69 Å². The fourth-order valence-electron chi connectivity index (χ4n) is 4.43. The number of aryl methyl sites for hydroxylation is 2. The van der Waals surface area contributed by atoms with E-state index in [0.717, 1.165) is 59.2 Å². The van der Waals surface area contributed by atoms with Crippen molar-refractivity contribution in [1.29, 1.82) is 0 Å². The number of amidine groups is 2. The molecule has 1 aliphatic carbocycles. The van der Waals surface area contributed by atoms with Crippen molar-refractivity contribution in [3.8, 4) is 0 Å². The molecule has 0 amide bonds. The van der Waals surface area contributed by atoms with Gasteiger partial charge in [0.15, 0.2) is 11.0 Å². The molecule has 0 aromatic heterocycles. The number of thioether (sulfide) groups is 1. The second-order valence-electron chi connectivity index (χ2n) is 8.07. The summed E-state index contributed by atoms with van der Waals surface area (Å²) >= 11 is 1.28. The first-order valence-electron chi connectivity index (χ1n) is 10.4. The Balaban J connectivity index is 1.86. The van der Waals surface area contributed by atoms with Crippen LogP contribution in [0.1, 0.15) is 43.2 Å². The average molecular weight is 422 g/mol. The average Bonchev–Trinajstić information content (AvgIpc) is 3.00. The number of aliphatic imine (C=N–C) groups is 2. The molecule has 0 bridgehead atoms. The molecule has 1 fully saturated rings. The summed E-state index contributed by atoms with van der Waals surface area (Å²) in [6.45, 7) is 4.16. The van der Waals surface area contributed by atoms with Crippen molar-refractivity contribution in [2.24, 2.45) is 9.98 Å². The number of anilines is 1. The lowest BCUT2D eigenvalue weighted by Gasteiger charge is -2.43. The van der Waals surface area contributed by atoms with Crippen molar-refractivity contribution in [1.82, 2.24) is 0 Å². The number of aliphatic carboxylic acids is 1. The van der Waals surface area contributed by atoms with Crippen LogP contribution in [0.15, 0.2) is 58.5 Å². The molecule has 0 atom stereocenters. The van der Waals surface area contributed by atoms with Crippen LogP contribution in [0.4, 0.5) is 11.4 Å². The lowest BCUT2D eigenvalue weighted by Crippen LogP contribution is -2.53. The summed E-state index contributed by atoms with van der Waals surface area (Å²) in [6.07, 6.45) is 5.36. The topological polar surface area (TPSA) is 65.3 Å². The summed E-state index contributed by atoms with van der Waals surface area (Å²) in [4.78, 5) is 23.6. The van der Waals surface area contributed by atoms with Crippen LogP contribution in [0.2, 0.25) is 0 Å². The van der Waals surface area contributed by atoms with Gasteiger partial charge in [-0.25, -0.2) is 9.98 Å². The van der Waals surface area contributed by atoms with E-state index in [1.165, 1.54) is 18.2 Å². The molecule has 2 aromatic carbocycles. The molecule has 2 aromatic rings. The van der Waals surface area contributed by atoms with E-state index in [4.69, 9.17) is 9.98 Å². The van der Waals surface area contributed by atoms with Crippen LogP contribution in [0.5, 0.6) is 0 Å². The lowest BCUT2D eigenvalue weighted by atomic mass is 9.79. The Bertz CT molecular complexity index is 1010. The zero-order chi connectivity index (χ0) is 21.1. The molecule has 0 unspecified atom stereocenters. The number of rotatable bonds is 4. The van der Waals surface area contributed by atoms with Crippen LogP contribution in [0, 0.1) is 13.8 Å². The minimum atomic E-state index is -0.839. The van der Waals surface area contributed by atoms with Crippen molar-refractivity contribution < 1.29 is 9.90 Å². The summed E-state index contributed by atoms with van der Waals surface area (Å²) < 4.78 is 0. The quantitative estimate of drug-likeness (QED) is 0.685. The number of hydrogen-bond donors (Lipinski definition) is 1. The van der Waals surface area contributed by atoms with E-state index in [9.17, 15) is 9.90 Å². The third-order valence-electron chi connectivity index (χ3n) is 5.84. The molecule has 1 spiro atoms. The van der Waals surface area contributed by atoms with Crippen LogP contribution in [-0.4, -0.2) is 33.4 Å². The SMILES string of the molecule is Cc1cccc(N=C2N=C(SCC(=O)O)N(c3ccccc3C)C23CCCCC3)c1. The normalized spacial score (nSPS) is 19.3. The molecule has 30 heavy (non-hydrogen) atoms. The van der Waals surface area contributed by atoms with E-state index in [2.05, 4.69) is 43.0 Å². The van der Waals surface area contributed by atoms with E-state index in [0.29, 0.717) is 0 Å². The molecule has 5 nitrogen and oxygen atoms in total. The predicted molar refractivity (Wildman–Crippen MR) is 125 cm³/mol. The minimum absolute atomic E-state index is 0.0188. The summed E-state index contributed by atoms with van der Waals surface area (Å²) in [5.41, 5.74) is 3.98. The Hall–Kier alpha value is -2.60. The van der Waals surface area contributed by atoms with Gasteiger partial charge < -0.3 is 10.0 Å². The molecule has 2 aliphatic rings. The number of carboxylic acids is 1. The highest BCUT2D eigenvalue weighted by molar-refractivity contribution is 8.14. The maximum atomic E-state index is 11.3. The molecule has 1 N–H and O–H groups in total. The number of carbonyl (C=O) groups is 1. The number of benzene rings is 2. The summed E-state index contributed by atoms with van der Waals surface area (Å²) in [5, 5.41) is 10.0. The van der Waals surface area contributed by atoms with E-state index < -0.39 is 5.97 Å². The third kappa shape index (κ3) is 4.01. The molecule has 156 valence electrons. The van der Waals surface area contributed by atoms with Gasteiger partial charge in [-0.1, -0.05) is 61.4 Å². The Kier molecular flexibility index (Phi) is 5.95. The fraction of sp³-hybridized carbons (Fsp3) is 0.375. The Morgan fingerprint density at radius 2 is 1.90 bits per heavy atom. The fourth-order valence-corrected chi connectivity index (χ4v) is 5.24. The summed E-state index contributed by atoms with van der Waals surface area (Å²) in [7, 11) is 0. The van der Waals surface area contributed by atoms with Gasteiger partial charge in [-0.3, -0.25) is 4.79 Å². The molecular formula is C24H27N3O2S. The molecular weight excluding hydrogens is 394 g/mol. The molecule has 6 heteroatoms. The Labute approximate surface area is 181 Å². The number of carboxylic acid groups (broad SMARTS) is 1. The van der Waals surface area contributed by atoms with Crippen molar-refractivity contribution in [3.63, 3.8) is 0 Å². The molecule has 0 radical (unpaired) electrons. The monoisotopic (exact) mass is 421 g/mol. The van der Waals surface area contributed by atoms with Crippen LogP contribution >= 0.6 is 11.8 Å². The lowest BCUT2D eigenvalue weighted by molar-refractivity contribution is -0.133. The van der Waals surface area contributed by atoms with E-state index in [1.54, 1.807) is 0 Å². The van der Waals surface area contributed by atoms with Gasteiger partial charge in [-0.15, -0.1) is 0 Å². The van der Waals surface area contributed by atoms with E-state index in [-0.39, 0.29) is 11.3 Å². The van der Waals surface area contributed by atoms with Crippen molar-refractivity contribution in [2.75, 3.05) is 10.7 Å². The highest BCUT2D eigenvalue weighted by Crippen LogP contribution is 2.45. The maximum absolute atomic E-state index is 11.3. The first kappa shape index (κ1) is 20.7. The Morgan fingerprint density at radius 3 is 2.60 bits per heavy atom. The van der Waals surface area contributed by atoms with Gasteiger partial charge in [-0.05, 0) is 56.0 Å². The zero-order valence-electron chi connectivity index (χ0n) is 17.5. The summed E-state index contributed by atoms with van der Waals surface area (Å²) in [5.74, 6) is -0.0483. The second-order valence-corrected chi connectivity index (χ2v) is 9.01. The maximum Gasteiger partial charge on any atom is 0.313 e. The van der Waals surface area contributed by atoms with Crippen molar-refractivity contribution in [2.45, 2.75) is 51.5 Å². The van der Waals surface area contributed by atoms with Crippen LogP contribution in [-0.2, 0) is 4.79 Å². The van der Waals surface area contributed by atoms with Gasteiger partial charge >= 0.3 is 5.97 Å². The van der Waals surface area contributed by atoms with Crippen LogP contribution < -0.4 is 4.90 Å². The third-order valence-corrected chi connectivity index (χ3v) is 6.76. The van der Waals surface area contributed by atoms with Gasteiger partial charge in [0.1, 0.15) is 5.54 Å². The molecule has 1 saturated carbocycles. The first-order valence-corrected chi connectivity index (χ1v) is 11.4. The predicted octanol–water partition coefficient (Wildman–Crippen LogP) is 5.73. The van der Waals surface area contributed by atoms with Crippen LogP contribution in [0.3, 0.4) is 0 Å². The van der Waals surface area contributed by atoms with E-state index >= 15 is 0 Å². The highest BCUT2D eigenvalue weighted by atomic mass is 32.2. The number of para-hydroxylation sites is 1. The molecule has 1 heterocycles. The number of nitrogens with zero attached hydrogens (tertiary/aromatic N) is 3. The highest BCUT2D eigenvalue weighted by Gasteiger charge is 2.50. The number of hydrogen-bond acceptors (Lipinski definition) is 4. The molecule has 4 rings (SSSR count). The summed E-state index contributed by atoms with van der Waals surface area (Å²) in [6, 6.07) is 16.4. The van der Waals surface area contributed by atoms with Gasteiger partial charge in [-0.2, -0.15) is 0 Å². The van der Waals surface area contributed by atoms with Crippen molar-refractivity contribution >= 4 is 40.1 Å². The zero-order valence-corrected chi connectivity index (χ0v) is 18.3. The molecule has 1 aliphatic heterocycles. The largest absolute Gasteiger partial charge is 0.481 e. The Morgan fingerprint density at radius 1 is 1.13 bits per heavy atom. The van der Waals surface area contributed by atoms with Crippen molar-refractivity contribution in [3.05, 3.63) is 59.7 Å². The van der Waals surface area contributed by atoms with Gasteiger partial charge in [0.25, 0.3) is 0 Å². The second kappa shape index (κ2) is 8.64. The van der Waals surface area contributed by atoms with Crippen LogP contribution in [0.25, 0.3) is 0 Å². The van der Waals surface area contributed by atoms with E-state index in [1.807, 2.05) is 24.3 Å². The standard InChI is InChI=1S/C24H27N3O2S/c1-17-9-8-11-19(15-17)25-22-24(13-6-3-7-14-24)27(20-12-5-4-10-18(20)2)23(26-22)30-16-21(28)29/h4-5,8-12,15H,3,6-7,13-14,16H2,1-2H3,(H,28,29). The van der Waals surface area contributed by atoms with Gasteiger partial charge in [0.2, 0.25) is 0 Å². The van der Waals surface area contributed by atoms with Gasteiger partial charge in [0.05, 0.1) is 11.4 Å².